The molecule has 0 bridgehead atoms. The summed E-state index contributed by atoms with van der Waals surface area (Å²) in [6, 6.07) is 10.6. The van der Waals surface area contributed by atoms with Gasteiger partial charge in [0.05, 0.1) is 0 Å². The van der Waals surface area contributed by atoms with Crippen LogP contribution in [0.15, 0.2) is 24.3 Å². The largest absolute Gasteiger partial charge is 0.294 e. The highest BCUT2D eigenvalue weighted by Crippen LogP contribution is 2.32. The molecular formula is C17H27N. The number of hydrogen-bond donors (Lipinski definition) is 0. The van der Waals surface area contributed by atoms with Crippen LogP contribution in [0, 0.1) is 0 Å². The maximum Gasteiger partial charge on any atom is 0.0350 e. The van der Waals surface area contributed by atoms with Gasteiger partial charge in [0.2, 0.25) is 0 Å². The van der Waals surface area contributed by atoms with Crippen LogP contribution < -0.4 is 0 Å². The Morgan fingerprint density at radius 1 is 1.00 bits per heavy atom. The molecule has 0 amide bonds. The third-order valence-corrected chi connectivity index (χ3v) is 4.20. The van der Waals surface area contributed by atoms with Crippen molar-refractivity contribution in [3.05, 3.63) is 35.4 Å². The smallest absolute Gasteiger partial charge is 0.0350 e. The van der Waals surface area contributed by atoms with E-state index in [0.717, 1.165) is 0 Å². The molecule has 1 aromatic carbocycles. The van der Waals surface area contributed by atoms with Crippen molar-refractivity contribution in [2.75, 3.05) is 6.54 Å². The topological polar surface area (TPSA) is 3.24 Å². The molecule has 1 unspecified atom stereocenters. The second kappa shape index (κ2) is 5.88. The maximum absolute atomic E-state index is 2.66. The zero-order chi connectivity index (χ0) is 13.1. The number of benzene rings is 1. The van der Waals surface area contributed by atoms with Crippen LogP contribution in [0.5, 0.6) is 0 Å². The van der Waals surface area contributed by atoms with Gasteiger partial charge in [0.15, 0.2) is 0 Å². The summed E-state index contributed by atoms with van der Waals surface area (Å²) >= 11 is 0. The van der Waals surface area contributed by atoms with Crippen LogP contribution in [0.1, 0.15) is 70.0 Å². The van der Waals surface area contributed by atoms with Crippen LogP contribution >= 0.6 is 0 Å². The highest BCUT2D eigenvalue weighted by Gasteiger charge is 2.25. The van der Waals surface area contributed by atoms with Gasteiger partial charge in [-0.15, -0.1) is 0 Å². The van der Waals surface area contributed by atoms with Gasteiger partial charge in [0, 0.05) is 12.1 Å². The number of likely N-dealkylation sites (tertiary alicyclic amines) is 1. The predicted molar refractivity (Wildman–Crippen MR) is 79.0 cm³/mol. The van der Waals surface area contributed by atoms with Crippen LogP contribution in [0.2, 0.25) is 0 Å². The first-order valence-corrected chi connectivity index (χ1v) is 7.45. The average Bonchev–Trinajstić information content (AvgIpc) is 2.39. The van der Waals surface area contributed by atoms with Crippen molar-refractivity contribution < 1.29 is 0 Å². The van der Waals surface area contributed by atoms with Crippen LogP contribution in [-0.4, -0.2) is 17.5 Å². The molecule has 1 heteroatoms. The van der Waals surface area contributed by atoms with E-state index in [9.17, 15) is 0 Å². The van der Waals surface area contributed by atoms with Crippen molar-refractivity contribution in [2.24, 2.45) is 0 Å². The summed E-state index contributed by atoms with van der Waals surface area (Å²) in [6.07, 6.45) is 4.05. The number of piperidine rings is 1. The van der Waals surface area contributed by atoms with Gasteiger partial charge in [-0.1, -0.05) is 44.5 Å². The zero-order valence-electron chi connectivity index (χ0n) is 12.3. The molecule has 2 rings (SSSR count). The first-order valence-electron chi connectivity index (χ1n) is 7.45. The maximum atomic E-state index is 2.66. The second-order valence-corrected chi connectivity index (χ2v) is 6.16. The standard InChI is InChI=1S/C17H27N/c1-13(2)15-8-10-16(11-9-15)17-7-5-6-12-18(17)14(3)4/h8-11,13-14,17H,5-7,12H2,1-4H3. The van der Waals surface area contributed by atoms with Gasteiger partial charge in [0.1, 0.15) is 0 Å². The Morgan fingerprint density at radius 3 is 2.22 bits per heavy atom. The Kier molecular flexibility index (Phi) is 4.45. The van der Waals surface area contributed by atoms with Crippen LogP contribution in [0.4, 0.5) is 0 Å². The number of rotatable bonds is 3. The highest BCUT2D eigenvalue weighted by molar-refractivity contribution is 5.27. The van der Waals surface area contributed by atoms with Gasteiger partial charge in [-0.2, -0.15) is 0 Å². The Hall–Kier alpha value is -0.820. The molecule has 0 aliphatic carbocycles. The monoisotopic (exact) mass is 245 g/mol. The minimum absolute atomic E-state index is 0.631. The molecule has 100 valence electrons. The van der Waals surface area contributed by atoms with Crippen molar-refractivity contribution in [1.29, 1.82) is 0 Å². The summed E-state index contributed by atoms with van der Waals surface area (Å²) in [5.74, 6) is 0.631. The van der Waals surface area contributed by atoms with Crippen molar-refractivity contribution in [1.82, 2.24) is 4.90 Å². The SMILES string of the molecule is CC(C)c1ccc(C2CCCCN2C(C)C)cc1. The normalized spacial score (nSPS) is 21.8. The van der Waals surface area contributed by atoms with Crippen molar-refractivity contribution in [2.45, 2.75) is 65.0 Å². The fraction of sp³-hybridized carbons (Fsp3) is 0.647. The number of hydrogen-bond acceptors (Lipinski definition) is 1. The van der Waals surface area contributed by atoms with E-state index in [2.05, 4.69) is 56.9 Å². The molecule has 1 nitrogen and oxygen atoms in total. The van der Waals surface area contributed by atoms with Crippen LogP contribution in [0.3, 0.4) is 0 Å². The molecule has 1 atom stereocenters. The third-order valence-electron chi connectivity index (χ3n) is 4.20. The zero-order valence-corrected chi connectivity index (χ0v) is 12.3. The molecule has 1 aromatic rings. The van der Waals surface area contributed by atoms with Gasteiger partial charge in [-0.05, 0) is 50.3 Å². The van der Waals surface area contributed by atoms with E-state index in [0.29, 0.717) is 18.0 Å². The summed E-state index contributed by atoms with van der Waals surface area (Å²) in [4.78, 5) is 2.66. The summed E-state index contributed by atoms with van der Waals surface area (Å²) < 4.78 is 0. The fourth-order valence-electron chi connectivity index (χ4n) is 3.03. The van der Waals surface area contributed by atoms with E-state index in [1.165, 1.54) is 36.9 Å². The van der Waals surface area contributed by atoms with E-state index in [1.54, 1.807) is 0 Å². The molecule has 0 radical (unpaired) electrons. The minimum atomic E-state index is 0.631. The van der Waals surface area contributed by atoms with Gasteiger partial charge in [-0.3, -0.25) is 4.90 Å². The van der Waals surface area contributed by atoms with Crippen molar-refractivity contribution >= 4 is 0 Å². The molecule has 0 aromatic heterocycles. The van der Waals surface area contributed by atoms with Gasteiger partial charge in [-0.25, -0.2) is 0 Å². The summed E-state index contributed by atoms with van der Waals surface area (Å²) in [5, 5.41) is 0. The Morgan fingerprint density at radius 2 is 1.67 bits per heavy atom. The molecule has 1 aliphatic rings. The predicted octanol–water partition coefficient (Wildman–Crippen LogP) is 4.75. The number of nitrogens with zero attached hydrogens (tertiary/aromatic N) is 1. The fourth-order valence-corrected chi connectivity index (χ4v) is 3.03. The minimum Gasteiger partial charge on any atom is -0.294 e. The summed E-state index contributed by atoms with van der Waals surface area (Å²) in [5.41, 5.74) is 2.96. The van der Waals surface area contributed by atoms with Gasteiger partial charge in [0.25, 0.3) is 0 Å². The van der Waals surface area contributed by atoms with E-state index in [1.807, 2.05) is 0 Å². The summed E-state index contributed by atoms with van der Waals surface area (Å²) in [7, 11) is 0. The first kappa shape index (κ1) is 13.6. The van der Waals surface area contributed by atoms with Gasteiger partial charge < -0.3 is 0 Å². The Balaban J connectivity index is 2.18. The molecular weight excluding hydrogens is 218 g/mol. The van der Waals surface area contributed by atoms with Crippen molar-refractivity contribution in [3.63, 3.8) is 0 Å². The van der Waals surface area contributed by atoms with Crippen LogP contribution in [0.25, 0.3) is 0 Å². The summed E-state index contributed by atoms with van der Waals surface area (Å²) in [6.45, 7) is 10.4. The first-order chi connectivity index (χ1) is 8.59. The lowest BCUT2D eigenvalue weighted by molar-refractivity contribution is 0.112. The second-order valence-electron chi connectivity index (χ2n) is 6.16. The van der Waals surface area contributed by atoms with E-state index < -0.39 is 0 Å². The molecule has 0 spiro atoms. The molecule has 1 saturated heterocycles. The molecule has 0 saturated carbocycles. The van der Waals surface area contributed by atoms with Crippen molar-refractivity contribution in [3.8, 4) is 0 Å². The van der Waals surface area contributed by atoms with E-state index >= 15 is 0 Å². The quantitative estimate of drug-likeness (QED) is 0.743. The lowest BCUT2D eigenvalue weighted by atomic mass is 9.92. The van der Waals surface area contributed by atoms with E-state index in [4.69, 9.17) is 0 Å². The lowest BCUT2D eigenvalue weighted by Gasteiger charge is -2.39. The Bertz CT molecular complexity index is 364. The Labute approximate surface area is 112 Å². The van der Waals surface area contributed by atoms with E-state index in [-0.39, 0.29) is 0 Å². The highest BCUT2D eigenvalue weighted by atomic mass is 15.2. The lowest BCUT2D eigenvalue weighted by Crippen LogP contribution is -2.38. The third kappa shape index (κ3) is 2.95. The van der Waals surface area contributed by atoms with Crippen LogP contribution in [-0.2, 0) is 0 Å². The molecule has 18 heavy (non-hydrogen) atoms. The molecule has 0 N–H and O–H groups in total. The molecule has 1 heterocycles. The molecule has 1 fully saturated rings. The molecule has 1 aliphatic heterocycles. The van der Waals surface area contributed by atoms with Gasteiger partial charge >= 0.3 is 0 Å². The average molecular weight is 245 g/mol.